The molecule has 0 radical (unpaired) electrons. The smallest absolute Gasteiger partial charge is 0.416 e. The second-order valence-electron chi connectivity index (χ2n) is 9.76. The molecule has 2 saturated carbocycles. The monoisotopic (exact) mass is 521 g/mol. The summed E-state index contributed by atoms with van der Waals surface area (Å²) in [6.07, 6.45) is 1.05. The molecule has 36 heavy (non-hydrogen) atoms. The van der Waals surface area contributed by atoms with Crippen molar-refractivity contribution in [2.45, 2.75) is 55.7 Å². The summed E-state index contributed by atoms with van der Waals surface area (Å²) in [6, 6.07) is 8.80. The van der Waals surface area contributed by atoms with Crippen LogP contribution in [0.1, 0.15) is 49.7 Å². The normalized spacial score (nSPS) is 24.6. The Morgan fingerprint density at radius 1 is 1.17 bits per heavy atom. The first-order valence-corrected chi connectivity index (χ1v) is 13.4. The number of rotatable bonds is 6. The zero-order chi connectivity index (χ0) is 25.7. The van der Waals surface area contributed by atoms with Crippen LogP contribution in [0.15, 0.2) is 52.9 Å². The predicted molar refractivity (Wildman–Crippen MR) is 127 cm³/mol. The van der Waals surface area contributed by atoms with Crippen molar-refractivity contribution in [3.05, 3.63) is 59.2 Å². The van der Waals surface area contributed by atoms with Gasteiger partial charge in [0.05, 0.1) is 22.7 Å². The van der Waals surface area contributed by atoms with Crippen molar-refractivity contribution in [3.63, 3.8) is 0 Å². The molecule has 0 spiro atoms. The molecule has 1 N–H and O–H groups in total. The number of alkyl halides is 3. The molecule has 2 aromatic carbocycles. The molecular formula is C26H26F3NO5S. The Morgan fingerprint density at radius 3 is 2.64 bits per heavy atom. The third-order valence-electron chi connectivity index (χ3n) is 7.29. The average molecular weight is 522 g/mol. The number of fused-ring (bicyclic) bond motifs is 3. The number of sulfonamides is 1. The van der Waals surface area contributed by atoms with Crippen molar-refractivity contribution in [1.29, 1.82) is 0 Å². The third-order valence-corrected chi connectivity index (χ3v) is 9.06. The molecule has 3 aliphatic rings. The van der Waals surface area contributed by atoms with Gasteiger partial charge in [0.25, 0.3) is 10.0 Å². The standard InChI is InChI=1S/C26H26F3NO5S/c27-26(28,29)20-2-1-3-22(14-20)36(33,34)30-15-21(7-9-25(31)32)35-24-8-5-17(13-23(24)30)12-19-11-16-4-6-18(19)10-16/h1-3,5,8,12-14,16,18,21H,4,6-7,9-11,15H2,(H,31,32). The molecule has 0 amide bonds. The Balaban J connectivity index is 1.54. The summed E-state index contributed by atoms with van der Waals surface area (Å²) >= 11 is 0. The van der Waals surface area contributed by atoms with Gasteiger partial charge in [-0.3, -0.25) is 9.10 Å². The topological polar surface area (TPSA) is 83.9 Å². The summed E-state index contributed by atoms with van der Waals surface area (Å²) in [6.45, 7) is -0.205. The highest BCUT2D eigenvalue weighted by Crippen LogP contribution is 2.49. The van der Waals surface area contributed by atoms with E-state index in [0.717, 1.165) is 40.9 Å². The van der Waals surface area contributed by atoms with E-state index in [1.807, 2.05) is 6.07 Å². The molecule has 0 aromatic heterocycles. The first kappa shape index (κ1) is 24.7. The first-order chi connectivity index (χ1) is 17.0. The Labute approximate surface area is 207 Å². The largest absolute Gasteiger partial charge is 0.486 e. The molecule has 1 aliphatic heterocycles. The van der Waals surface area contributed by atoms with Crippen molar-refractivity contribution in [1.82, 2.24) is 0 Å². The van der Waals surface area contributed by atoms with Crippen LogP contribution in [0.2, 0.25) is 0 Å². The second kappa shape index (κ2) is 9.14. The lowest BCUT2D eigenvalue weighted by molar-refractivity contribution is -0.138. The molecule has 3 unspecified atom stereocenters. The van der Waals surface area contributed by atoms with Gasteiger partial charge in [-0.25, -0.2) is 8.42 Å². The molecule has 2 fully saturated rings. The van der Waals surface area contributed by atoms with Crippen LogP contribution in [0.4, 0.5) is 18.9 Å². The fraction of sp³-hybridized carbons (Fsp3) is 0.423. The number of carboxylic acid groups (broad SMARTS) is 1. The highest BCUT2D eigenvalue weighted by atomic mass is 32.2. The lowest BCUT2D eigenvalue weighted by Crippen LogP contribution is -2.43. The van der Waals surface area contributed by atoms with Crippen molar-refractivity contribution in [3.8, 4) is 5.75 Å². The number of ether oxygens (including phenoxy) is 1. The van der Waals surface area contributed by atoms with Gasteiger partial charge >= 0.3 is 12.1 Å². The van der Waals surface area contributed by atoms with E-state index in [0.29, 0.717) is 17.9 Å². The lowest BCUT2D eigenvalue weighted by atomic mass is 9.93. The Kier molecular flexibility index (Phi) is 6.26. The molecule has 3 atom stereocenters. The number of aliphatic carboxylic acids is 1. The van der Waals surface area contributed by atoms with Crippen LogP contribution < -0.4 is 9.04 Å². The summed E-state index contributed by atoms with van der Waals surface area (Å²) in [7, 11) is -4.40. The van der Waals surface area contributed by atoms with E-state index in [-0.39, 0.29) is 30.8 Å². The molecule has 2 aliphatic carbocycles. The van der Waals surface area contributed by atoms with Gasteiger partial charge in [-0.1, -0.05) is 23.8 Å². The zero-order valence-electron chi connectivity index (χ0n) is 19.4. The van der Waals surface area contributed by atoms with Gasteiger partial charge in [0.15, 0.2) is 0 Å². The van der Waals surface area contributed by atoms with Gasteiger partial charge in [-0.05, 0) is 79.8 Å². The van der Waals surface area contributed by atoms with Crippen LogP contribution in [0.25, 0.3) is 6.08 Å². The number of carbonyl (C=O) groups is 1. The van der Waals surface area contributed by atoms with Gasteiger partial charge in [0.2, 0.25) is 0 Å². The molecule has 2 bridgehead atoms. The summed E-state index contributed by atoms with van der Waals surface area (Å²) in [4.78, 5) is 10.6. The first-order valence-electron chi connectivity index (χ1n) is 11.9. The average Bonchev–Trinajstić information content (AvgIpc) is 3.45. The summed E-state index contributed by atoms with van der Waals surface area (Å²) in [5.74, 6) is 0.453. The molecular weight excluding hydrogens is 495 g/mol. The van der Waals surface area contributed by atoms with Crippen molar-refractivity contribution in [2.24, 2.45) is 11.8 Å². The van der Waals surface area contributed by atoms with E-state index in [1.54, 1.807) is 12.1 Å². The number of carboxylic acids is 1. The minimum atomic E-state index is -4.70. The van der Waals surface area contributed by atoms with Crippen molar-refractivity contribution < 1.29 is 36.2 Å². The zero-order valence-corrected chi connectivity index (χ0v) is 20.2. The Hall–Kier alpha value is -3.01. The quantitative estimate of drug-likeness (QED) is 0.525. The SMILES string of the molecule is O=C(O)CCC1CN(S(=O)(=O)c2cccc(C(F)(F)F)c2)c2cc(C=C3CC4CCC3C4)ccc2O1. The van der Waals surface area contributed by atoms with Crippen molar-refractivity contribution in [2.75, 3.05) is 10.8 Å². The number of allylic oxidation sites excluding steroid dienone is 1. The van der Waals surface area contributed by atoms with Crippen LogP contribution in [-0.2, 0) is 21.0 Å². The molecule has 2 aromatic rings. The lowest BCUT2D eigenvalue weighted by Gasteiger charge is -2.35. The molecule has 192 valence electrons. The van der Waals surface area contributed by atoms with Crippen LogP contribution in [-0.4, -0.2) is 32.1 Å². The highest BCUT2D eigenvalue weighted by molar-refractivity contribution is 7.92. The van der Waals surface area contributed by atoms with Crippen LogP contribution in [0, 0.1) is 11.8 Å². The van der Waals surface area contributed by atoms with Gasteiger partial charge < -0.3 is 9.84 Å². The fourth-order valence-electron chi connectivity index (χ4n) is 5.53. The highest BCUT2D eigenvalue weighted by Gasteiger charge is 2.38. The van der Waals surface area contributed by atoms with Gasteiger partial charge in [-0.15, -0.1) is 0 Å². The third kappa shape index (κ3) is 4.83. The Bertz CT molecular complexity index is 1320. The van der Waals surface area contributed by atoms with E-state index >= 15 is 0 Å². The number of nitrogens with zero attached hydrogens (tertiary/aromatic N) is 1. The van der Waals surface area contributed by atoms with Crippen molar-refractivity contribution >= 4 is 27.8 Å². The van der Waals surface area contributed by atoms with Crippen LogP contribution in [0.5, 0.6) is 5.75 Å². The maximum Gasteiger partial charge on any atom is 0.416 e. The predicted octanol–water partition coefficient (Wildman–Crippen LogP) is 5.73. The molecule has 6 nitrogen and oxygen atoms in total. The molecule has 5 rings (SSSR count). The van der Waals surface area contributed by atoms with E-state index in [1.165, 1.54) is 18.4 Å². The summed E-state index contributed by atoms with van der Waals surface area (Å²) < 4.78 is 74.2. The van der Waals surface area contributed by atoms with E-state index in [4.69, 9.17) is 9.84 Å². The van der Waals surface area contributed by atoms with E-state index in [9.17, 15) is 26.4 Å². The van der Waals surface area contributed by atoms with Gasteiger partial charge in [0, 0.05) is 6.42 Å². The van der Waals surface area contributed by atoms with E-state index < -0.39 is 38.7 Å². The molecule has 0 saturated heterocycles. The number of hydrogen-bond acceptors (Lipinski definition) is 4. The summed E-state index contributed by atoms with van der Waals surface area (Å²) in [5, 5.41) is 9.07. The molecule has 10 heteroatoms. The fourth-order valence-corrected chi connectivity index (χ4v) is 7.07. The molecule has 1 heterocycles. The maximum atomic E-state index is 13.6. The van der Waals surface area contributed by atoms with Gasteiger partial charge in [-0.2, -0.15) is 13.2 Å². The number of anilines is 1. The minimum Gasteiger partial charge on any atom is -0.486 e. The second-order valence-corrected chi connectivity index (χ2v) is 11.6. The van der Waals surface area contributed by atoms with E-state index in [2.05, 4.69) is 6.08 Å². The maximum absolute atomic E-state index is 13.6. The van der Waals surface area contributed by atoms with Crippen LogP contribution >= 0.6 is 0 Å². The number of hydrogen-bond donors (Lipinski definition) is 1. The van der Waals surface area contributed by atoms with Crippen LogP contribution in [0.3, 0.4) is 0 Å². The van der Waals surface area contributed by atoms with Gasteiger partial charge in [0.1, 0.15) is 11.9 Å². The Morgan fingerprint density at radius 2 is 1.97 bits per heavy atom. The summed E-state index contributed by atoms with van der Waals surface area (Å²) in [5.41, 5.74) is 1.31. The number of benzene rings is 2. The number of halogens is 3. The minimum absolute atomic E-state index is 0.0538.